The van der Waals surface area contributed by atoms with E-state index in [0.717, 1.165) is 31.0 Å². The van der Waals surface area contributed by atoms with Crippen LogP contribution in [0.3, 0.4) is 0 Å². The molecule has 4 nitrogen and oxygen atoms in total. The van der Waals surface area contributed by atoms with E-state index < -0.39 is 0 Å². The number of anilines is 1. The number of nitrogens with zero attached hydrogens (tertiary/aromatic N) is 1. The number of aryl methyl sites for hydroxylation is 1. The fourth-order valence-electron chi connectivity index (χ4n) is 2.07. The molecule has 0 atom stereocenters. The molecule has 0 aliphatic carbocycles. The van der Waals surface area contributed by atoms with Gasteiger partial charge >= 0.3 is 0 Å². The number of hydrogen-bond donors (Lipinski definition) is 1. The minimum atomic E-state index is 0.670. The maximum Gasteiger partial charge on any atom is 0.142 e. The lowest BCUT2D eigenvalue weighted by molar-refractivity contribution is 0.259. The van der Waals surface area contributed by atoms with E-state index in [2.05, 4.69) is 11.9 Å². The monoisotopic (exact) mass is 274 g/mol. The third kappa shape index (κ3) is 4.03. The number of hydrogen-bond acceptors (Lipinski definition) is 4. The first-order valence-electron chi connectivity index (χ1n) is 6.85. The molecule has 0 radical (unpaired) electrons. The molecule has 1 aromatic carbocycles. The third-order valence-electron chi connectivity index (χ3n) is 3.27. The highest BCUT2D eigenvalue weighted by atomic mass is 16.5. The highest BCUT2D eigenvalue weighted by Gasteiger charge is 2.05. The van der Waals surface area contributed by atoms with Crippen LogP contribution in [0.1, 0.15) is 17.7 Å². The van der Waals surface area contributed by atoms with E-state index in [1.807, 2.05) is 37.3 Å². The molecule has 2 aromatic rings. The van der Waals surface area contributed by atoms with Crippen molar-refractivity contribution in [3.63, 3.8) is 0 Å². The van der Waals surface area contributed by atoms with Gasteiger partial charge < -0.3 is 19.8 Å². The van der Waals surface area contributed by atoms with E-state index in [0.29, 0.717) is 12.3 Å². The van der Waals surface area contributed by atoms with Gasteiger partial charge in [0, 0.05) is 18.7 Å². The Kier molecular flexibility index (Phi) is 5.07. The van der Waals surface area contributed by atoms with Crippen molar-refractivity contribution in [3.05, 3.63) is 47.9 Å². The summed E-state index contributed by atoms with van der Waals surface area (Å²) in [6.45, 7) is 4.53. The molecule has 0 unspecified atom stereocenters. The zero-order valence-electron chi connectivity index (χ0n) is 12.1. The van der Waals surface area contributed by atoms with E-state index in [1.165, 1.54) is 5.56 Å². The van der Waals surface area contributed by atoms with E-state index >= 15 is 0 Å². The van der Waals surface area contributed by atoms with Crippen LogP contribution in [0.4, 0.5) is 5.69 Å². The molecule has 0 saturated heterocycles. The quantitative estimate of drug-likeness (QED) is 0.622. The van der Waals surface area contributed by atoms with Crippen LogP contribution in [0.5, 0.6) is 5.75 Å². The summed E-state index contributed by atoms with van der Waals surface area (Å²) in [5.74, 6) is 1.76. The molecule has 0 amide bonds. The molecule has 2 rings (SSSR count). The fraction of sp³-hybridized carbons (Fsp3) is 0.375. The second-order valence-corrected chi connectivity index (χ2v) is 4.98. The standard InChI is InChI=1S/C16H22N2O2/c1-13-14(8-11-19-13)12-18(2)9-5-10-20-16-7-4-3-6-15(16)17/h3-4,6-8,11H,5,9-10,12,17H2,1-2H3. The summed E-state index contributed by atoms with van der Waals surface area (Å²) in [6.07, 6.45) is 2.70. The molecule has 108 valence electrons. The Labute approximate surface area is 120 Å². The fourth-order valence-corrected chi connectivity index (χ4v) is 2.07. The van der Waals surface area contributed by atoms with Gasteiger partial charge in [0.15, 0.2) is 0 Å². The van der Waals surface area contributed by atoms with E-state index in [1.54, 1.807) is 6.26 Å². The van der Waals surface area contributed by atoms with Gasteiger partial charge in [-0.3, -0.25) is 0 Å². The Morgan fingerprint density at radius 2 is 2.05 bits per heavy atom. The van der Waals surface area contributed by atoms with E-state index in [9.17, 15) is 0 Å². The largest absolute Gasteiger partial charge is 0.491 e. The highest BCUT2D eigenvalue weighted by Crippen LogP contribution is 2.19. The first kappa shape index (κ1) is 14.5. The molecular formula is C16H22N2O2. The molecule has 0 spiro atoms. The summed E-state index contributed by atoms with van der Waals surface area (Å²) in [4.78, 5) is 2.26. The molecule has 0 fully saturated rings. The molecule has 20 heavy (non-hydrogen) atoms. The second-order valence-electron chi connectivity index (χ2n) is 4.98. The van der Waals surface area contributed by atoms with Gasteiger partial charge in [-0.05, 0) is 38.6 Å². The van der Waals surface area contributed by atoms with Crippen LogP contribution in [-0.4, -0.2) is 25.1 Å². The number of nitrogen functional groups attached to an aromatic ring is 1. The first-order chi connectivity index (χ1) is 9.66. The summed E-state index contributed by atoms with van der Waals surface area (Å²) in [7, 11) is 2.10. The Balaban J connectivity index is 1.68. The molecule has 1 aromatic heterocycles. The van der Waals surface area contributed by atoms with Gasteiger partial charge in [0.1, 0.15) is 11.5 Å². The summed E-state index contributed by atoms with van der Waals surface area (Å²) in [6, 6.07) is 9.60. The molecule has 0 aliphatic heterocycles. The predicted molar refractivity (Wildman–Crippen MR) is 80.7 cm³/mol. The highest BCUT2D eigenvalue weighted by molar-refractivity contribution is 5.51. The number of ether oxygens (including phenoxy) is 1. The van der Waals surface area contributed by atoms with Crippen LogP contribution in [0, 0.1) is 6.92 Å². The van der Waals surface area contributed by atoms with Crippen LogP contribution in [0.2, 0.25) is 0 Å². The number of para-hydroxylation sites is 2. The van der Waals surface area contributed by atoms with Crippen molar-refractivity contribution in [2.75, 3.05) is 25.9 Å². The average Bonchev–Trinajstić information content (AvgIpc) is 2.82. The lowest BCUT2D eigenvalue weighted by atomic mass is 10.2. The normalized spacial score (nSPS) is 10.9. The average molecular weight is 274 g/mol. The lowest BCUT2D eigenvalue weighted by Gasteiger charge is -2.16. The molecular weight excluding hydrogens is 252 g/mol. The van der Waals surface area contributed by atoms with Crippen molar-refractivity contribution >= 4 is 5.69 Å². The predicted octanol–water partition coefficient (Wildman–Crippen LogP) is 3.07. The number of nitrogens with two attached hydrogens (primary N) is 1. The van der Waals surface area contributed by atoms with E-state index in [-0.39, 0.29) is 0 Å². The second kappa shape index (κ2) is 7.01. The van der Waals surface area contributed by atoms with Crippen molar-refractivity contribution in [3.8, 4) is 5.75 Å². The van der Waals surface area contributed by atoms with Crippen LogP contribution < -0.4 is 10.5 Å². The van der Waals surface area contributed by atoms with Crippen LogP contribution >= 0.6 is 0 Å². The molecule has 1 heterocycles. The minimum absolute atomic E-state index is 0.670. The maximum absolute atomic E-state index is 5.82. The Bertz CT molecular complexity index is 537. The van der Waals surface area contributed by atoms with Crippen LogP contribution in [0.15, 0.2) is 41.0 Å². The van der Waals surface area contributed by atoms with Gasteiger partial charge in [-0.25, -0.2) is 0 Å². The van der Waals surface area contributed by atoms with Crippen molar-refractivity contribution < 1.29 is 9.15 Å². The zero-order valence-corrected chi connectivity index (χ0v) is 12.1. The number of benzene rings is 1. The topological polar surface area (TPSA) is 51.6 Å². The zero-order chi connectivity index (χ0) is 14.4. The Morgan fingerprint density at radius 1 is 1.25 bits per heavy atom. The molecule has 0 aliphatic rings. The van der Waals surface area contributed by atoms with Crippen molar-refractivity contribution in [2.24, 2.45) is 0 Å². The van der Waals surface area contributed by atoms with Gasteiger partial charge in [0.05, 0.1) is 18.6 Å². The first-order valence-corrected chi connectivity index (χ1v) is 6.85. The van der Waals surface area contributed by atoms with Gasteiger partial charge in [-0.15, -0.1) is 0 Å². The number of rotatable bonds is 7. The summed E-state index contributed by atoms with van der Waals surface area (Å²) < 4.78 is 11.0. The molecule has 4 heteroatoms. The van der Waals surface area contributed by atoms with Crippen molar-refractivity contribution in [2.45, 2.75) is 19.9 Å². The third-order valence-corrected chi connectivity index (χ3v) is 3.27. The van der Waals surface area contributed by atoms with Gasteiger partial charge in [0.25, 0.3) is 0 Å². The Hall–Kier alpha value is -1.94. The lowest BCUT2D eigenvalue weighted by Crippen LogP contribution is -2.21. The van der Waals surface area contributed by atoms with Crippen molar-refractivity contribution in [1.82, 2.24) is 4.90 Å². The Morgan fingerprint density at radius 3 is 2.75 bits per heavy atom. The van der Waals surface area contributed by atoms with Gasteiger partial charge in [-0.1, -0.05) is 12.1 Å². The SMILES string of the molecule is Cc1occc1CN(C)CCCOc1ccccc1N. The summed E-state index contributed by atoms with van der Waals surface area (Å²) in [5, 5.41) is 0. The smallest absolute Gasteiger partial charge is 0.142 e. The van der Waals surface area contributed by atoms with Crippen molar-refractivity contribution in [1.29, 1.82) is 0 Å². The maximum atomic E-state index is 5.82. The summed E-state index contributed by atoms with van der Waals surface area (Å²) >= 11 is 0. The minimum Gasteiger partial charge on any atom is -0.491 e. The molecule has 0 saturated carbocycles. The van der Waals surface area contributed by atoms with Crippen LogP contribution in [-0.2, 0) is 6.54 Å². The van der Waals surface area contributed by atoms with Gasteiger partial charge in [-0.2, -0.15) is 0 Å². The molecule has 2 N–H and O–H groups in total. The molecule has 0 bridgehead atoms. The van der Waals surface area contributed by atoms with Crippen LogP contribution in [0.25, 0.3) is 0 Å². The van der Waals surface area contributed by atoms with E-state index in [4.69, 9.17) is 14.9 Å². The number of furan rings is 1. The van der Waals surface area contributed by atoms with Gasteiger partial charge in [0.2, 0.25) is 0 Å². The summed E-state index contributed by atoms with van der Waals surface area (Å²) in [5.41, 5.74) is 7.75.